The zero-order chi connectivity index (χ0) is 17.9. The minimum atomic E-state index is -3.45. The van der Waals surface area contributed by atoms with Crippen LogP contribution in [0.25, 0.3) is 6.08 Å². The van der Waals surface area contributed by atoms with Crippen LogP contribution in [0, 0.1) is 6.92 Å². The molecular weight excluding hydrogens is 338 g/mol. The summed E-state index contributed by atoms with van der Waals surface area (Å²) < 4.78 is 26.8. The number of hydrogen-bond donors (Lipinski definition) is 2. The molecule has 1 saturated carbocycles. The zero-order valence-corrected chi connectivity index (χ0v) is 14.6. The number of amides is 1. The van der Waals surface area contributed by atoms with Crippen molar-refractivity contribution < 1.29 is 13.2 Å². The molecule has 2 N–H and O–H groups in total. The highest BCUT2D eigenvalue weighted by atomic mass is 32.2. The van der Waals surface area contributed by atoms with E-state index < -0.39 is 10.0 Å². The van der Waals surface area contributed by atoms with Gasteiger partial charge in [0.05, 0.1) is 4.90 Å². The average molecular weight is 357 g/mol. The van der Waals surface area contributed by atoms with Crippen LogP contribution in [0.5, 0.6) is 0 Å². The van der Waals surface area contributed by atoms with Gasteiger partial charge in [-0.15, -0.1) is 0 Å². The molecule has 0 unspecified atom stereocenters. The fraction of sp³-hybridized carbons (Fsp3) is 0.222. The molecule has 0 atom stereocenters. The third kappa shape index (κ3) is 4.98. The minimum absolute atomic E-state index is 0.0727. The molecule has 1 amide bonds. The summed E-state index contributed by atoms with van der Waals surface area (Å²) in [5, 5.41) is 2.67. The van der Waals surface area contributed by atoms with Crippen molar-refractivity contribution in [1.29, 1.82) is 0 Å². The first-order chi connectivity index (χ1) is 11.9. The Morgan fingerprint density at radius 3 is 2.52 bits per heavy atom. The minimum Gasteiger partial charge on any atom is -0.307 e. The fourth-order valence-corrected chi connectivity index (χ4v) is 3.50. The standard InChI is InChI=1S/C18H19N3O3S/c1-13-3-2-4-17(19-13)20-18(22)12-7-14-5-10-16(11-6-14)25(23,24)21-15-8-9-15/h2-7,10-12,15,21H,8-9H2,1H3,(H,19,20,22)/b12-7-. The lowest BCUT2D eigenvalue weighted by atomic mass is 10.2. The molecule has 0 bridgehead atoms. The van der Waals surface area contributed by atoms with Crippen LogP contribution in [0.2, 0.25) is 0 Å². The maximum atomic E-state index is 12.1. The van der Waals surface area contributed by atoms with Crippen molar-refractivity contribution in [3.8, 4) is 0 Å². The molecule has 0 saturated heterocycles. The molecule has 7 heteroatoms. The van der Waals surface area contributed by atoms with E-state index in [1.807, 2.05) is 19.1 Å². The number of pyridine rings is 1. The van der Waals surface area contributed by atoms with Gasteiger partial charge in [-0.3, -0.25) is 4.79 Å². The van der Waals surface area contributed by atoms with Gasteiger partial charge in [0.15, 0.2) is 0 Å². The monoisotopic (exact) mass is 357 g/mol. The molecule has 1 aromatic carbocycles. The Kier molecular flexibility index (Phi) is 4.96. The highest BCUT2D eigenvalue weighted by molar-refractivity contribution is 7.89. The number of aryl methyl sites for hydroxylation is 1. The summed E-state index contributed by atoms with van der Waals surface area (Å²) in [5.74, 6) is 0.187. The topological polar surface area (TPSA) is 88.2 Å². The van der Waals surface area contributed by atoms with E-state index in [0.717, 1.165) is 24.1 Å². The van der Waals surface area contributed by atoms with E-state index in [1.54, 1.807) is 24.3 Å². The second kappa shape index (κ2) is 7.16. The lowest BCUT2D eigenvalue weighted by molar-refractivity contribution is -0.111. The molecule has 1 aliphatic carbocycles. The fourth-order valence-electron chi connectivity index (χ4n) is 2.20. The van der Waals surface area contributed by atoms with Gasteiger partial charge in [-0.05, 0) is 55.7 Å². The number of carbonyl (C=O) groups is 1. The van der Waals surface area contributed by atoms with Crippen molar-refractivity contribution in [1.82, 2.24) is 9.71 Å². The summed E-state index contributed by atoms with van der Waals surface area (Å²) in [6.07, 6.45) is 4.79. The van der Waals surface area contributed by atoms with Crippen molar-refractivity contribution in [2.24, 2.45) is 0 Å². The Hall–Kier alpha value is -2.51. The lowest BCUT2D eigenvalue weighted by Crippen LogP contribution is -2.25. The summed E-state index contributed by atoms with van der Waals surface area (Å²) in [4.78, 5) is 16.3. The number of anilines is 1. The van der Waals surface area contributed by atoms with Gasteiger partial charge in [0, 0.05) is 17.8 Å². The summed E-state index contributed by atoms with van der Waals surface area (Å²) in [7, 11) is -3.45. The first-order valence-electron chi connectivity index (χ1n) is 7.97. The molecule has 130 valence electrons. The third-order valence-electron chi connectivity index (χ3n) is 3.66. The van der Waals surface area contributed by atoms with Crippen LogP contribution in [0.15, 0.2) is 53.4 Å². The molecule has 0 spiro atoms. The van der Waals surface area contributed by atoms with Crippen LogP contribution < -0.4 is 10.0 Å². The van der Waals surface area contributed by atoms with Gasteiger partial charge in [-0.2, -0.15) is 0 Å². The summed E-state index contributed by atoms with van der Waals surface area (Å²) in [6, 6.07) is 11.8. The normalized spacial score (nSPS) is 14.6. The van der Waals surface area contributed by atoms with Gasteiger partial charge in [0.2, 0.25) is 15.9 Å². The quantitative estimate of drug-likeness (QED) is 0.778. The predicted molar refractivity (Wildman–Crippen MR) is 96.4 cm³/mol. The molecule has 1 aliphatic rings. The molecule has 1 fully saturated rings. The molecule has 3 rings (SSSR count). The van der Waals surface area contributed by atoms with Crippen LogP contribution in [0.1, 0.15) is 24.1 Å². The smallest absolute Gasteiger partial charge is 0.249 e. The van der Waals surface area contributed by atoms with Gasteiger partial charge >= 0.3 is 0 Å². The second-order valence-electron chi connectivity index (χ2n) is 5.95. The van der Waals surface area contributed by atoms with E-state index in [2.05, 4.69) is 15.0 Å². The number of sulfonamides is 1. The molecule has 25 heavy (non-hydrogen) atoms. The van der Waals surface area contributed by atoms with E-state index >= 15 is 0 Å². The molecular formula is C18H19N3O3S. The van der Waals surface area contributed by atoms with Gasteiger partial charge in [0.25, 0.3) is 0 Å². The highest BCUT2D eigenvalue weighted by Crippen LogP contribution is 2.22. The van der Waals surface area contributed by atoms with E-state index in [4.69, 9.17) is 0 Å². The number of nitrogens with zero attached hydrogens (tertiary/aromatic N) is 1. The summed E-state index contributed by atoms with van der Waals surface area (Å²) in [6.45, 7) is 1.85. The van der Waals surface area contributed by atoms with Crippen molar-refractivity contribution in [2.75, 3.05) is 5.32 Å². The van der Waals surface area contributed by atoms with Crippen LogP contribution in [-0.4, -0.2) is 25.4 Å². The Morgan fingerprint density at radius 2 is 1.88 bits per heavy atom. The van der Waals surface area contributed by atoms with Crippen LogP contribution >= 0.6 is 0 Å². The molecule has 1 aromatic heterocycles. The molecule has 0 radical (unpaired) electrons. The lowest BCUT2D eigenvalue weighted by Gasteiger charge is -2.05. The Labute approximate surface area is 147 Å². The van der Waals surface area contributed by atoms with E-state index in [0.29, 0.717) is 5.82 Å². The predicted octanol–water partition coefficient (Wildman–Crippen LogP) is 2.48. The Morgan fingerprint density at radius 1 is 1.16 bits per heavy atom. The van der Waals surface area contributed by atoms with E-state index in [-0.39, 0.29) is 16.8 Å². The number of benzene rings is 1. The van der Waals surface area contributed by atoms with Gasteiger partial charge in [-0.1, -0.05) is 18.2 Å². The maximum Gasteiger partial charge on any atom is 0.249 e. The van der Waals surface area contributed by atoms with Crippen molar-refractivity contribution in [3.63, 3.8) is 0 Å². The zero-order valence-electron chi connectivity index (χ0n) is 13.8. The molecule has 1 heterocycles. The first-order valence-corrected chi connectivity index (χ1v) is 9.46. The van der Waals surface area contributed by atoms with Crippen LogP contribution in [0.3, 0.4) is 0 Å². The number of rotatable bonds is 6. The largest absolute Gasteiger partial charge is 0.307 e. The van der Waals surface area contributed by atoms with Gasteiger partial charge in [-0.25, -0.2) is 18.1 Å². The van der Waals surface area contributed by atoms with E-state index in [1.165, 1.54) is 18.2 Å². The number of aromatic nitrogens is 1. The van der Waals surface area contributed by atoms with Gasteiger partial charge in [0.1, 0.15) is 5.82 Å². The molecule has 6 nitrogen and oxygen atoms in total. The SMILES string of the molecule is Cc1cccc(NC(=O)/C=C\c2ccc(S(=O)(=O)NC3CC3)cc2)n1. The summed E-state index contributed by atoms with van der Waals surface area (Å²) in [5.41, 5.74) is 1.55. The van der Waals surface area contributed by atoms with Crippen molar-refractivity contribution >= 4 is 27.8 Å². The molecule has 2 aromatic rings. The number of carbonyl (C=O) groups excluding carboxylic acids is 1. The Bertz CT molecular complexity index is 901. The second-order valence-corrected chi connectivity index (χ2v) is 7.67. The highest BCUT2D eigenvalue weighted by Gasteiger charge is 2.27. The Balaban J connectivity index is 1.62. The van der Waals surface area contributed by atoms with Crippen molar-refractivity contribution in [2.45, 2.75) is 30.7 Å². The van der Waals surface area contributed by atoms with Crippen molar-refractivity contribution in [3.05, 3.63) is 59.8 Å². The first kappa shape index (κ1) is 17.3. The number of nitrogens with one attached hydrogen (secondary N) is 2. The van der Waals surface area contributed by atoms with Gasteiger partial charge < -0.3 is 5.32 Å². The maximum absolute atomic E-state index is 12.1. The van der Waals surface area contributed by atoms with Crippen LogP contribution in [-0.2, 0) is 14.8 Å². The van der Waals surface area contributed by atoms with Crippen LogP contribution in [0.4, 0.5) is 5.82 Å². The number of hydrogen-bond acceptors (Lipinski definition) is 4. The average Bonchev–Trinajstić information content (AvgIpc) is 3.37. The molecule has 0 aliphatic heterocycles. The summed E-state index contributed by atoms with van der Waals surface area (Å²) >= 11 is 0. The van der Waals surface area contributed by atoms with E-state index in [9.17, 15) is 13.2 Å². The third-order valence-corrected chi connectivity index (χ3v) is 5.19.